The van der Waals surface area contributed by atoms with Crippen LogP contribution in [-0.4, -0.2) is 56.8 Å². The molecule has 0 unspecified atom stereocenters. The van der Waals surface area contributed by atoms with Gasteiger partial charge in [-0.2, -0.15) is 13.2 Å². The number of oxazole rings is 1. The van der Waals surface area contributed by atoms with Crippen LogP contribution in [0.2, 0.25) is 5.15 Å². The molecule has 69 heavy (non-hydrogen) atoms. The number of Topliss-reactive ketones (excluding diaryl/α,β-unsaturated/α-hetero) is 1. The number of hydrogen-bond acceptors (Lipinski definition) is 11. The first-order valence-corrected chi connectivity index (χ1v) is 23.4. The highest BCUT2D eigenvalue weighted by atomic mass is 35.5. The largest absolute Gasteiger partial charge is 0.437 e. The standard InChI is InChI=1S/C30H28F3N3O2.C18H23N3.C5H3ClN2O2/c31-30(32,33)28-27(38-29(35-28)24-9-5-2-6-10-24)25(37)19-23-13-14-26(34-20-23)36-17-15-22(16-18-36)12-11-21-7-3-1-4-8-21;19-17-8-9-18(20-14-17)21-12-10-16(11-13-21)7-6-15-4-2-1-3-5-15;6-5-2-1-4(3-7-5)8(9)10/h1-10,13-14,20,22H,11-12,15-19H2;1-5,8-9,14,16H,6-7,10-13,19H2;1-3H. The first kappa shape index (κ1) is 49.8. The zero-order chi connectivity index (χ0) is 48.6. The summed E-state index contributed by atoms with van der Waals surface area (Å²) in [5.74, 6) is 1.58. The number of rotatable bonds is 13. The molecule has 16 heteroatoms. The van der Waals surface area contributed by atoms with Crippen LogP contribution in [0.3, 0.4) is 0 Å². The summed E-state index contributed by atoms with van der Waals surface area (Å²) in [5.41, 5.74) is 8.78. The Morgan fingerprint density at radius 1 is 0.681 bits per heavy atom. The molecule has 2 saturated heterocycles. The Morgan fingerprint density at radius 2 is 1.20 bits per heavy atom. The predicted octanol–water partition coefficient (Wildman–Crippen LogP) is 12.2. The normalized spacial score (nSPS) is 14.3. The number of nitrogens with zero attached hydrogens (tertiary/aromatic N) is 7. The highest BCUT2D eigenvalue weighted by Crippen LogP contribution is 2.35. The maximum Gasteiger partial charge on any atom is 0.437 e. The lowest BCUT2D eigenvalue weighted by molar-refractivity contribution is -0.385. The maximum atomic E-state index is 13.6. The van der Waals surface area contributed by atoms with E-state index >= 15 is 0 Å². The third-order valence-electron chi connectivity index (χ3n) is 12.3. The van der Waals surface area contributed by atoms with Crippen LogP contribution >= 0.6 is 11.6 Å². The molecule has 3 aromatic carbocycles. The molecular weight excluding hydrogens is 905 g/mol. The van der Waals surface area contributed by atoms with Gasteiger partial charge in [-0.05, 0) is 116 Å². The van der Waals surface area contributed by atoms with Gasteiger partial charge in [0, 0.05) is 50.4 Å². The quantitative estimate of drug-likeness (QED) is 0.0507. The Kier molecular flexibility index (Phi) is 17.5. The molecule has 0 aliphatic carbocycles. The van der Waals surface area contributed by atoms with Crippen molar-refractivity contribution in [2.75, 3.05) is 41.7 Å². The average molecular weight is 960 g/mol. The minimum absolute atomic E-state index is 0.0515. The summed E-state index contributed by atoms with van der Waals surface area (Å²) in [5, 5.41) is 10.3. The van der Waals surface area contributed by atoms with Gasteiger partial charge >= 0.3 is 6.18 Å². The van der Waals surface area contributed by atoms with E-state index < -0.39 is 28.3 Å². The van der Waals surface area contributed by atoms with Crippen LogP contribution in [0.5, 0.6) is 0 Å². The van der Waals surface area contributed by atoms with Crippen molar-refractivity contribution in [3.63, 3.8) is 0 Å². The Labute approximate surface area is 404 Å². The molecule has 0 saturated carbocycles. The number of hydrogen-bond donors (Lipinski definition) is 1. The van der Waals surface area contributed by atoms with Crippen LogP contribution < -0.4 is 15.5 Å². The van der Waals surface area contributed by atoms with Crippen LogP contribution in [0, 0.1) is 22.0 Å². The molecule has 0 amide bonds. The number of anilines is 3. The minimum Gasteiger partial charge on any atom is -0.432 e. The molecule has 7 aromatic rings. The lowest BCUT2D eigenvalue weighted by atomic mass is 9.90. The van der Waals surface area contributed by atoms with Gasteiger partial charge in [-0.3, -0.25) is 14.9 Å². The SMILES string of the molecule is Nc1ccc(N2CCC(CCc3ccccc3)CC2)nc1.O=C(Cc1ccc(N2CCC(CCc3ccccc3)CC2)nc1)c1oc(-c2ccccc2)nc1C(F)(F)F.O=[N+]([O-])c1ccc(Cl)nc1. The fourth-order valence-electron chi connectivity index (χ4n) is 8.37. The number of carbonyl (C=O) groups is 1. The highest BCUT2D eigenvalue weighted by molar-refractivity contribution is 6.29. The van der Waals surface area contributed by atoms with Crippen LogP contribution in [0.1, 0.15) is 71.5 Å². The number of nitrogen functional groups attached to an aromatic ring is 1. The molecule has 2 N–H and O–H groups in total. The molecule has 4 aromatic heterocycles. The monoisotopic (exact) mass is 958 g/mol. The van der Waals surface area contributed by atoms with Crippen molar-refractivity contribution in [1.29, 1.82) is 0 Å². The van der Waals surface area contributed by atoms with Crippen molar-refractivity contribution < 1.29 is 27.3 Å². The van der Waals surface area contributed by atoms with E-state index in [0.717, 1.165) is 74.9 Å². The number of carbonyl (C=O) groups excluding carboxylic acids is 1. The molecule has 358 valence electrons. The predicted molar refractivity (Wildman–Crippen MR) is 263 cm³/mol. The zero-order valence-corrected chi connectivity index (χ0v) is 38.8. The van der Waals surface area contributed by atoms with Gasteiger partial charge in [0.2, 0.25) is 17.4 Å². The summed E-state index contributed by atoms with van der Waals surface area (Å²) in [6.07, 6.45) is 8.79. The van der Waals surface area contributed by atoms with Gasteiger partial charge in [0.1, 0.15) is 23.0 Å². The molecular formula is C53H54ClF3N8O4. The van der Waals surface area contributed by atoms with Crippen LogP contribution in [0.15, 0.2) is 150 Å². The minimum atomic E-state index is -4.81. The first-order chi connectivity index (χ1) is 33.4. The van der Waals surface area contributed by atoms with Gasteiger partial charge in [0.05, 0.1) is 16.8 Å². The molecule has 0 radical (unpaired) electrons. The number of piperidine rings is 2. The Morgan fingerprint density at radius 3 is 1.65 bits per heavy atom. The van der Waals surface area contributed by atoms with Gasteiger partial charge < -0.3 is 20.0 Å². The van der Waals surface area contributed by atoms with Gasteiger partial charge in [-0.1, -0.05) is 96.5 Å². The van der Waals surface area contributed by atoms with E-state index in [0.29, 0.717) is 17.0 Å². The molecule has 0 atom stereocenters. The smallest absolute Gasteiger partial charge is 0.432 e. The summed E-state index contributed by atoms with van der Waals surface area (Å²) in [6, 6.07) is 39.7. The molecule has 12 nitrogen and oxygen atoms in total. The zero-order valence-electron chi connectivity index (χ0n) is 38.1. The number of benzene rings is 3. The van der Waals surface area contributed by atoms with Crippen molar-refractivity contribution in [3.8, 4) is 11.5 Å². The molecule has 2 aliphatic heterocycles. The number of halogens is 4. The van der Waals surface area contributed by atoms with E-state index in [2.05, 4.69) is 84.3 Å². The van der Waals surface area contributed by atoms with E-state index in [-0.39, 0.29) is 23.2 Å². The van der Waals surface area contributed by atoms with Gasteiger partial charge in [0.15, 0.2) is 5.69 Å². The van der Waals surface area contributed by atoms with Crippen molar-refractivity contribution in [2.24, 2.45) is 11.8 Å². The molecule has 2 aliphatic rings. The third kappa shape index (κ3) is 14.9. The number of aryl methyl sites for hydroxylation is 2. The van der Waals surface area contributed by atoms with E-state index in [1.54, 1.807) is 48.8 Å². The van der Waals surface area contributed by atoms with E-state index in [4.69, 9.17) is 21.8 Å². The van der Waals surface area contributed by atoms with Crippen LogP contribution in [-0.2, 0) is 25.4 Å². The van der Waals surface area contributed by atoms with E-state index in [1.165, 1.54) is 55.4 Å². The van der Waals surface area contributed by atoms with Crippen LogP contribution in [0.4, 0.5) is 36.2 Å². The lowest BCUT2D eigenvalue weighted by Gasteiger charge is -2.33. The Balaban J connectivity index is 0.000000188. The fraction of sp³-hybridized carbons (Fsp3) is 0.302. The Bertz CT molecular complexity index is 2660. The number of pyridine rings is 3. The fourth-order valence-corrected chi connectivity index (χ4v) is 8.48. The highest BCUT2D eigenvalue weighted by Gasteiger charge is 2.41. The summed E-state index contributed by atoms with van der Waals surface area (Å²) in [6.45, 7) is 4.02. The number of ketones is 1. The van der Waals surface area contributed by atoms with Crippen molar-refractivity contribution in [3.05, 3.63) is 189 Å². The third-order valence-corrected chi connectivity index (χ3v) is 12.5. The lowest BCUT2D eigenvalue weighted by Crippen LogP contribution is -2.34. The maximum absolute atomic E-state index is 13.6. The van der Waals surface area contributed by atoms with E-state index in [9.17, 15) is 28.1 Å². The second-order valence-electron chi connectivity index (χ2n) is 17.1. The van der Waals surface area contributed by atoms with Crippen molar-refractivity contribution in [2.45, 2.75) is 64.0 Å². The number of nitro groups is 1. The van der Waals surface area contributed by atoms with Gasteiger partial charge in [0.25, 0.3) is 5.69 Å². The molecule has 2 fully saturated rings. The number of nitrogens with two attached hydrogens (primary N) is 1. The van der Waals surface area contributed by atoms with Crippen LogP contribution in [0.25, 0.3) is 11.5 Å². The second kappa shape index (κ2) is 24.2. The summed E-state index contributed by atoms with van der Waals surface area (Å²) >= 11 is 5.38. The topological polar surface area (TPSA) is 157 Å². The molecule has 0 spiro atoms. The second-order valence-corrected chi connectivity index (χ2v) is 17.5. The molecule has 0 bridgehead atoms. The van der Waals surface area contributed by atoms with Crippen molar-refractivity contribution in [1.82, 2.24) is 19.9 Å². The first-order valence-electron chi connectivity index (χ1n) is 23.0. The molecule has 6 heterocycles. The summed E-state index contributed by atoms with van der Waals surface area (Å²) in [7, 11) is 0. The van der Waals surface area contributed by atoms with Crippen molar-refractivity contribution >= 4 is 40.4 Å². The summed E-state index contributed by atoms with van der Waals surface area (Å²) in [4.78, 5) is 43.0. The average Bonchev–Trinajstić information content (AvgIpc) is 3.85. The number of aromatic nitrogens is 4. The van der Waals surface area contributed by atoms with Gasteiger partial charge in [-0.25, -0.2) is 19.9 Å². The van der Waals surface area contributed by atoms with E-state index in [1.807, 2.05) is 24.3 Å². The van der Waals surface area contributed by atoms with Gasteiger partial charge in [-0.15, -0.1) is 0 Å². The summed E-state index contributed by atoms with van der Waals surface area (Å²) < 4.78 is 46.1. The molecule has 9 rings (SSSR count). The number of alkyl halides is 3. The Hall–Kier alpha value is -7.13.